The van der Waals surface area contributed by atoms with Crippen molar-refractivity contribution in [3.8, 4) is 5.69 Å². The number of carbonyl (C=O) groups is 1. The topological polar surface area (TPSA) is 92.9 Å². The molecule has 0 aliphatic rings. The van der Waals surface area contributed by atoms with Crippen LogP contribution < -0.4 is 5.32 Å². The molecule has 8 heteroatoms. The van der Waals surface area contributed by atoms with E-state index in [0.29, 0.717) is 10.6 Å². The molecule has 0 spiro atoms. The van der Waals surface area contributed by atoms with Crippen LogP contribution in [0.5, 0.6) is 0 Å². The summed E-state index contributed by atoms with van der Waals surface area (Å²) in [5.41, 5.74) is 0.631. The van der Waals surface area contributed by atoms with E-state index in [4.69, 9.17) is 0 Å². The minimum absolute atomic E-state index is 0.0996. The van der Waals surface area contributed by atoms with Gasteiger partial charge in [0.2, 0.25) is 0 Å². The van der Waals surface area contributed by atoms with Crippen molar-refractivity contribution in [2.45, 2.75) is 20.0 Å². The molecule has 7 nitrogen and oxygen atoms in total. The van der Waals surface area contributed by atoms with Crippen molar-refractivity contribution in [2.24, 2.45) is 5.92 Å². The number of amides is 1. The maximum absolute atomic E-state index is 12.1. The number of carbonyl (C=O) groups excluding carboxylic acids is 1. The number of thiophene rings is 1. The van der Waals surface area contributed by atoms with Gasteiger partial charge < -0.3 is 10.4 Å². The molecule has 2 aromatic rings. The lowest BCUT2D eigenvalue weighted by Crippen LogP contribution is -2.34. The van der Waals surface area contributed by atoms with Crippen molar-refractivity contribution >= 4 is 17.2 Å². The first-order valence-corrected chi connectivity index (χ1v) is 6.74. The number of hydrogen-bond acceptors (Lipinski definition) is 6. The van der Waals surface area contributed by atoms with Crippen LogP contribution in [0, 0.1) is 5.92 Å². The van der Waals surface area contributed by atoms with Crippen LogP contribution >= 0.6 is 11.3 Å². The van der Waals surface area contributed by atoms with Gasteiger partial charge in [0.05, 0.1) is 11.8 Å². The Balaban J connectivity index is 2.07. The van der Waals surface area contributed by atoms with Gasteiger partial charge in [0.1, 0.15) is 11.2 Å². The maximum Gasteiger partial charge on any atom is 0.263 e. The summed E-state index contributed by atoms with van der Waals surface area (Å²) in [6.07, 6.45) is 0.877. The zero-order valence-electron chi connectivity index (χ0n) is 10.6. The average Bonchev–Trinajstić information content (AvgIpc) is 3.04. The Kier molecular flexibility index (Phi) is 4.23. The van der Waals surface area contributed by atoms with Crippen molar-refractivity contribution in [3.05, 3.63) is 22.7 Å². The molecule has 2 rings (SSSR count). The van der Waals surface area contributed by atoms with E-state index in [1.807, 2.05) is 13.8 Å². The highest BCUT2D eigenvalue weighted by molar-refractivity contribution is 7.12. The van der Waals surface area contributed by atoms with Gasteiger partial charge in [-0.15, -0.1) is 16.4 Å². The van der Waals surface area contributed by atoms with Crippen LogP contribution in [0.2, 0.25) is 0 Å². The van der Waals surface area contributed by atoms with E-state index in [9.17, 15) is 9.90 Å². The summed E-state index contributed by atoms with van der Waals surface area (Å²) < 4.78 is 1.43. The van der Waals surface area contributed by atoms with Crippen molar-refractivity contribution in [3.63, 3.8) is 0 Å². The first-order chi connectivity index (χ1) is 9.09. The second kappa shape index (κ2) is 5.89. The lowest BCUT2D eigenvalue weighted by molar-refractivity contribution is 0.0875. The van der Waals surface area contributed by atoms with Gasteiger partial charge in [0.25, 0.3) is 5.91 Å². The zero-order valence-corrected chi connectivity index (χ0v) is 11.5. The van der Waals surface area contributed by atoms with Crippen LogP contribution in [0.4, 0.5) is 0 Å². The Labute approximate surface area is 114 Å². The van der Waals surface area contributed by atoms with Crippen molar-refractivity contribution in [1.29, 1.82) is 0 Å². The first kappa shape index (κ1) is 13.6. The third-order valence-electron chi connectivity index (χ3n) is 2.69. The molecule has 1 atom stereocenters. The van der Waals surface area contributed by atoms with Gasteiger partial charge in [-0.05, 0) is 27.8 Å². The number of hydrogen-bond donors (Lipinski definition) is 2. The van der Waals surface area contributed by atoms with Crippen molar-refractivity contribution in [2.75, 3.05) is 6.54 Å². The Bertz CT molecular complexity index is 537. The van der Waals surface area contributed by atoms with Gasteiger partial charge in [-0.3, -0.25) is 4.79 Å². The Morgan fingerprint density at radius 3 is 3.00 bits per heavy atom. The van der Waals surface area contributed by atoms with E-state index in [2.05, 4.69) is 20.8 Å². The minimum atomic E-state index is -0.555. The third-order valence-corrected chi connectivity index (χ3v) is 3.59. The van der Waals surface area contributed by atoms with Crippen molar-refractivity contribution in [1.82, 2.24) is 25.5 Å². The monoisotopic (exact) mass is 281 g/mol. The lowest BCUT2D eigenvalue weighted by atomic mass is 10.1. The second-order valence-electron chi connectivity index (χ2n) is 4.41. The first-order valence-electron chi connectivity index (χ1n) is 5.86. The highest BCUT2D eigenvalue weighted by atomic mass is 32.1. The van der Waals surface area contributed by atoms with E-state index in [1.165, 1.54) is 22.3 Å². The molecule has 1 amide bonds. The summed E-state index contributed by atoms with van der Waals surface area (Å²) in [5.74, 6) is -0.136. The lowest BCUT2D eigenvalue weighted by Gasteiger charge is -2.14. The Morgan fingerprint density at radius 1 is 1.58 bits per heavy atom. The smallest absolute Gasteiger partial charge is 0.263 e. The molecule has 0 radical (unpaired) electrons. The van der Waals surface area contributed by atoms with Gasteiger partial charge in [-0.1, -0.05) is 13.8 Å². The predicted molar refractivity (Wildman–Crippen MR) is 70.2 cm³/mol. The van der Waals surface area contributed by atoms with E-state index in [-0.39, 0.29) is 18.4 Å². The fourth-order valence-electron chi connectivity index (χ4n) is 1.44. The minimum Gasteiger partial charge on any atom is -0.391 e. The van der Waals surface area contributed by atoms with Crippen LogP contribution in [0.15, 0.2) is 17.8 Å². The SMILES string of the molecule is CC(C)C(O)CNC(=O)c1sccc1-n1cnnn1. The number of nitrogens with zero attached hydrogens (tertiary/aromatic N) is 4. The van der Waals surface area contributed by atoms with Gasteiger partial charge in [0, 0.05) is 6.54 Å². The molecule has 0 aliphatic carbocycles. The molecule has 2 N–H and O–H groups in total. The van der Waals surface area contributed by atoms with E-state index in [0.717, 1.165) is 0 Å². The number of aromatic nitrogens is 4. The predicted octanol–water partition coefficient (Wildman–Crippen LogP) is 0.471. The number of tetrazole rings is 1. The number of nitrogens with one attached hydrogen (secondary N) is 1. The largest absolute Gasteiger partial charge is 0.391 e. The molecule has 19 heavy (non-hydrogen) atoms. The van der Waals surface area contributed by atoms with Gasteiger partial charge >= 0.3 is 0 Å². The van der Waals surface area contributed by atoms with Gasteiger partial charge in [0.15, 0.2) is 0 Å². The quantitative estimate of drug-likeness (QED) is 0.831. The normalized spacial score (nSPS) is 12.6. The van der Waals surface area contributed by atoms with Crippen LogP contribution in [-0.4, -0.2) is 43.9 Å². The molecule has 0 aliphatic heterocycles. The summed E-state index contributed by atoms with van der Waals surface area (Å²) in [7, 11) is 0. The molecule has 1 unspecified atom stereocenters. The zero-order chi connectivity index (χ0) is 13.8. The number of aliphatic hydroxyl groups is 1. The molecule has 102 valence electrons. The summed E-state index contributed by atoms with van der Waals surface area (Å²) >= 11 is 1.31. The summed E-state index contributed by atoms with van der Waals surface area (Å²) in [6, 6.07) is 1.77. The third kappa shape index (κ3) is 3.15. The Hall–Kier alpha value is -1.80. The second-order valence-corrected chi connectivity index (χ2v) is 5.33. The highest BCUT2D eigenvalue weighted by Crippen LogP contribution is 2.19. The van der Waals surface area contributed by atoms with E-state index in [1.54, 1.807) is 11.4 Å². The Morgan fingerprint density at radius 2 is 2.37 bits per heavy atom. The average molecular weight is 281 g/mol. The molecular formula is C11H15N5O2S. The van der Waals surface area contributed by atoms with Crippen LogP contribution in [0.3, 0.4) is 0 Å². The van der Waals surface area contributed by atoms with Crippen LogP contribution in [0.25, 0.3) is 5.69 Å². The van der Waals surface area contributed by atoms with Crippen LogP contribution in [0.1, 0.15) is 23.5 Å². The molecule has 2 aromatic heterocycles. The maximum atomic E-state index is 12.1. The molecular weight excluding hydrogens is 266 g/mol. The van der Waals surface area contributed by atoms with Gasteiger partial charge in [-0.2, -0.15) is 4.68 Å². The number of rotatable bonds is 5. The summed E-state index contributed by atoms with van der Waals surface area (Å²) in [6.45, 7) is 4.02. The van der Waals surface area contributed by atoms with Gasteiger partial charge in [-0.25, -0.2) is 0 Å². The molecule has 2 heterocycles. The van der Waals surface area contributed by atoms with Crippen LogP contribution in [-0.2, 0) is 0 Å². The van der Waals surface area contributed by atoms with E-state index >= 15 is 0 Å². The van der Waals surface area contributed by atoms with E-state index < -0.39 is 6.10 Å². The molecule has 0 saturated carbocycles. The molecule has 0 fully saturated rings. The summed E-state index contributed by atoms with van der Waals surface area (Å²) in [4.78, 5) is 12.6. The van der Waals surface area contributed by atoms with Crippen molar-refractivity contribution < 1.29 is 9.90 Å². The molecule has 0 bridgehead atoms. The number of aliphatic hydroxyl groups excluding tert-OH is 1. The molecule has 0 aromatic carbocycles. The standard InChI is InChI=1S/C11H15N5O2S/c1-7(2)9(17)5-12-11(18)10-8(3-4-19-10)16-6-13-14-15-16/h3-4,6-7,9,17H,5H2,1-2H3,(H,12,18). The summed E-state index contributed by atoms with van der Waals surface area (Å²) in [5, 5.41) is 25.0. The fraction of sp³-hybridized carbons (Fsp3) is 0.455. The molecule has 0 saturated heterocycles. The highest BCUT2D eigenvalue weighted by Gasteiger charge is 2.17. The fourth-order valence-corrected chi connectivity index (χ4v) is 2.23.